The number of rotatable bonds is 3. The van der Waals surface area contributed by atoms with E-state index in [-0.39, 0.29) is 0 Å². The zero-order valence-electron chi connectivity index (χ0n) is 14.5. The molecule has 0 aromatic heterocycles. The lowest BCUT2D eigenvalue weighted by Crippen LogP contribution is -2.44. The van der Waals surface area contributed by atoms with E-state index in [4.69, 9.17) is 11.6 Å². The van der Waals surface area contributed by atoms with Gasteiger partial charge in [-0.2, -0.15) is 0 Å². The smallest absolute Gasteiger partial charge is 0.314 e. The van der Waals surface area contributed by atoms with Gasteiger partial charge in [-0.05, 0) is 55.6 Å². The summed E-state index contributed by atoms with van der Waals surface area (Å²) in [5.74, 6) is -1.44. The maximum atomic E-state index is 12.0. The molecule has 1 aliphatic rings. The van der Waals surface area contributed by atoms with Gasteiger partial charge in [0.05, 0.1) is 0 Å². The van der Waals surface area contributed by atoms with Crippen LogP contribution in [0.3, 0.4) is 0 Å². The first kappa shape index (κ1) is 18.2. The van der Waals surface area contributed by atoms with Crippen LogP contribution in [0.1, 0.15) is 0 Å². The van der Waals surface area contributed by atoms with E-state index >= 15 is 0 Å². The van der Waals surface area contributed by atoms with E-state index in [2.05, 4.69) is 27.5 Å². The Hall–Kier alpha value is -2.57. The van der Waals surface area contributed by atoms with Crippen molar-refractivity contribution >= 4 is 40.5 Å². The zero-order chi connectivity index (χ0) is 18.5. The van der Waals surface area contributed by atoms with E-state index in [1.165, 1.54) is 0 Å². The highest BCUT2D eigenvalue weighted by atomic mass is 35.5. The molecule has 2 aromatic rings. The SMILES string of the molecule is CN1CCN(c2ccc(NC(=O)C(=O)Nc3ccc(Cl)cc3)cc2)CC1. The van der Waals surface area contributed by atoms with Crippen molar-refractivity contribution in [1.82, 2.24) is 4.90 Å². The van der Waals surface area contributed by atoms with Gasteiger partial charge in [-0.3, -0.25) is 9.59 Å². The molecule has 1 fully saturated rings. The van der Waals surface area contributed by atoms with E-state index in [0.29, 0.717) is 16.4 Å². The second-order valence-corrected chi connectivity index (χ2v) is 6.69. The number of hydrogen-bond acceptors (Lipinski definition) is 4. The number of benzene rings is 2. The third-order valence-corrected chi connectivity index (χ3v) is 4.55. The minimum atomic E-state index is -0.726. The predicted octanol–water partition coefficient (Wildman–Crippen LogP) is 2.67. The Morgan fingerprint density at radius 2 is 1.27 bits per heavy atom. The first-order chi connectivity index (χ1) is 12.5. The average molecular weight is 373 g/mol. The monoisotopic (exact) mass is 372 g/mol. The highest BCUT2D eigenvalue weighted by molar-refractivity contribution is 6.43. The van der Waals surface area contributed by atoms with E-state index in [1.54, 1.807) is 36.4 Å². The second-order valence-electron chi connectivity index (χ2n) is 6.25. The molecule has 0 unspecified atom stereocenters. The maximum absolute atomic E-state index is 12.0. The van der Waals surface area contributed by atoms with Crippen LogP contribution in [-0.4, -0.2) is 49.9 Å². The minimum absolute atomic E-state index is 0.514. The van der Waals surface area contributed by atoms with Crippen molar-refractivity contribution in [2.75, 3.05) is 48.8 Å². The molecule has 0 bridgehead atoms. The molecule has 0 atom stereocenters. The van der Waals surface area contributed by atoms with Crippen LogP contribution in [0.4, 0.5) is 17.1 Å². The molecular weight excluding hydrogens is 352 g/mol. The molecule has 1 aliphatic heterocycles. The summed E-state index contributed by atoms with van der Waals surface area (Å²) in [6, 6.07) is 14.1. The molecule has 3 rings (SSSR count). The maximum Gasteiger partial charge on any atom is 0.314 e. The number of piperazine rings is 1. The van der Waals surface area contributed by atoms with Gasteiger partial charge in [0, 0.05) is 48.3 Å². The summed E-state index contributed by atoms with van der Waals surface area (Å²) in [7, 11) is 2.12. The highest BCUT2D eigenvalue weighted by Gasteiger charge is 2.16. The number of hydrogen-bond donors (Lipinski definition) is 2. The third-order valence-electron chi connectivity index (χ3n) is 4.30. The third kappa shape index (κ3) is 4.74. The fraction of sp³-hybridized carbons (Fsp3) is 0.263. The van der Waals surface area contributed by atoms with Crippen molar-refractivity contribution < 1.29 is 9.59 Å². The molecule has 1 heterocycles. The minimum Gasteiger partial charge on any atom is -0.369 e. The quantitative estimate of drug-likeness (QED) is 0.813. The number of carbonyl (C=O) groups is 2. The number of nitrogens with zero attached hydrogens (tertiary/aromatic N) is 2. The molecule has 2 aromatic carbocycles. The normalized spacial score (nSPS) is 14.8. The van der Waals surface area contributed by atoms with Crippen molar-refractivity contribution in [3.8, 4) is 0 Å². The van der Waals surface area contributed by atoms with Crippen LogP contribution in [0.15, 0.2) is 48.5 Å². The van der Waals surface area contributed by atoms with E-state index in [0.717, 1.165) is 31.9 Å². The van der Waals surface area contributed by atoms with Crippen molar-refractivity contribution in [2.45, 2.75) is 0 Å². The van der Waals surface area contributed by atoms with Gasteiger partial charge in [0.15, 0.2) is 0 Å². The lowest BCUT2D eigenvalue weighted by Gasteiger charge is -2.34. The van der Waals surface area contributed by atoms with Gasteiger partial charge >= 0.3 is 11.8 Å². The van der Waals surface area contributed by atoms with E-state index in [9.17, 15) is 9.59 Å². The van der Waals surface area contributed by atoms with Crippen LogP contribution in [0.5, 0.6) is 0 Å². The first-order valence-corrected chi connectivity index (χ1v) is 8.80. The molecule has 0 radical (unpaired) electrons. The van der Waals surface area contributed by atoms with Crippen molar-refractivity contribution in [3.05, 3.63) is 53.6 Å². The average Bonchev–Trinajstić information content (AvgIpc) is 2.65. The summed E-state index contributed by atoms with van der Waals surface area (Å²) >= 11 is 5.80. The molecule has 2 N–H and O–H groups in total. The van der Waals surface area contributed by atoms with Crippen molar-refractivity contribution in [2.24, 2.45) is 0 Å². The standard InChI is InChI=1S/C19H21ClN4O2/c1-23-10-12-24(13-11-23)17-8-6-16(7-9-17)22-19(26)18(25)21-15-4-2-14(20)3-5-15/h2-9H,10-13H2,1H3,(H,21,25)(H,22,26). The van der Waals surface area contributed by atoms with E-state index < -0.39 is 11.8 Å². The number of likely N-dealkylation sites (N-methyl/N-ethyl adjacent to an activating group) is 1. The fourth-order valence-corrected chi connectivity index (χ4v) is 2.86. The molecule has 1 saturated heterocycles. The summed E-state index contributed by atoms with van der Waals surface area (Å²) in [6.45, 7) is 4.02. The largest absolute Gasteiger partial charge is 0.369 e. The Morgan fingerprint density at radius 1 is 0.808 bits per heavy atom. The predicted molar refractivity (Wildman–Crippen MR) is 105 cm³/mol. The molecule has 26 heavy (non-hydrogen) atoms. The summed E-state index contributed by atoms with van der Waals surface area (Å²) in [4.78, 5) is 28.6. The van der Waals surface area contributed by atoms with Crippen LogP contribution < -0.4 is 15.5 Å². The summed E-state index contributed by atoms with van der Waals surface area (Å²) in [5.41, 5.74) is 2.21. The Labute approximate surface area is 157 Å². The fourth-order valence-electron chi connectivity index (χ4n) is 2.73. The topological polar surface area (TPSA) is 64.7 Å². The van der Waals surface area contributed by atoms with Gasteiger partial charge in [-0.25, -0.2) is 0 Å². The number of halogens is 1. The lowest BCUT2D eigenvalue weighted by atomic mass is 10.2. The van der Waals surface area contributed by atoms with Crippen LogP contribution in [0.2, 0.25) is 5.02 Å². The van der Waals surface area contributed by atoms with Gasteiger partial charge in [-0.15, -0.1) is 0 Å². The van der Waals surface area contributed by atoms with E-state index in [1.807, 2.05) is 12.1 Å². The first-order valence-electron chi connectivity index (χ1n) is 8.43. The van der Waals surface area contributed by atoms with Crippen LogP contribution >= 0.6 is 11.6 Å². The number of anilines is 3. The van der Waals surface area contributed by atoms with Gasteiger partial charge in [0.2, 0.25) is 0 Å². The highest BCUT2D eigenvalue weighted by Crippen LogP contribution is 2.19. The van der Waals surface area contributed by atoms with Crippen LogP contribution in [-0.2, 0) is 9.59 Å². The van der Waals surface area contributed by atoms with Gasteiger partial charge in [0.25, 0.3) is 0 Å². The van der Waals surface area contributed by atoms with Gasteiger partial charge in [0.1, 0.15) is 0 Å². The zero-order valence-corrected chi connectivity index (χ0v) is 15.3. The molecule has 136 valence electrons. The molecule has 0 saturated carbocycles. The van der Waals surface area contributed by atoms with Crippen molar-refractivity contribution in [1.29, 1.82) is 0 Å². The van der Waals surface area contributed by atoms with Crippen LogP contribution in [0, 0.1) is 0 Å². The molecular formula is C19H21ClN4O2. The lowest BCUT2D eigenvalue weighted by molar-refractivity contribution is -0.132. The Morgan fingerprint density at radius 3 is 1.77 bits per heavy atom. The molecule has 0 spiro atoms. The summed E-state index contributed by atoms with van der Waals surface area (Å²) in [6.07, 6.45) is 0. The molecule has 2 amide bonds. The Kier molecular flexibility index (Phi) is 5.75. The second kappa shape index (κ2) is 8.21. The molecule has 0 aliphatic carbocycles. The Bertz CT molecular complexity index is 769. The number of nitrogens with one attached hydrogen (secondary N) is 2. The van der Waals surface area contributed by atoms with Crippen molar-refractivity contribution in [3.63, 3.8) is 0 Å². The van der Waals surface area contributed by atoms with Crippen LogP contribution in [0.25, 0.3) is 0 Å². The molecule has 6 nitrogen and oxygen atoms in total. The van der Waals surface area contributed by atoms with Gasteiger partial charge < -0.3 is 20.4 Å². The summed E-state index contributed by atoms with van der Waals surface area (Å²) < 4.78 is 0. The number of carbonyl (C=O) groups excluding carboxylic acids is 2. The molecule has 7 heteroatoms. The summed E-state index contributed by atoms with van der Waals surface area (Å²) in [5, 5.41) is 5.70. The van der Waals surface area contributed by atoms with Gasteiger partial charge in [-0.1, -0.05) is 11.6 Å². The number of amides is 2. The Balaban J connectivity index is 1.55.